The zero-order chi connectivity index (χ0) is 13.2. The van der Waals surface area contributed by atoms with E-state index in [1.165, 1.54) is 20.5 Å². The van der Waals surface area contributed by atoms with Crippen LogP contribution in [0.15, 0.2) is 12.0 Å². The first-order chi connectivity index (χ1) is 7.82. The van der Waals surface area contributed by atoms with Crippen LogP contribution < -0.4 is 0 Å². The molecule has 0 fully saturated rings. The largest absolute Gasteiger partial charge is 0.475 e. The van der Waals surface area contributed by atoms with Crippen molar-refractivity contribution in [1.82, 2.24) is 4.90 Å². The van der Waals surface area contributed by atoms with E-state index in [0.717, 1.165) is 4.90 Å². The van der Waals surface area contributed by atoms with Crippen molar-refractivity contribution in [2.24, 2.45) is 5.41 Å². The predicted molar refractivity (Wildman–Crippen MR) is 58.7 cm³/mol. The summed E-state index contributed by atoms with van der Waals surface area (Å²) in [6.45, 7) is 5.67. The number of hydrogen-bond acceptors (Lipinski definition) is 5. The van der Waals surface area contributed by atoms with Crippen LogP contribution in [0.5, 0.6) is 0 Å². The molecule has 0 saturated carbocycles. The van der Waals surface area contributed by atoms with E-state index in [0.29, 0.717) is 0 Å². The lowest BCUT2D eigenvalue weighted by Gasteiger charge is -2.32. The second kappa shape index (κ2) is 4.65. The summed E-state index contributed by atoms with van der Waals surface area (Å²) in [4.78, 5) is 24.3. The zero-order valence-corrected chi connectivity index (χ0v) is 10.6. The molecule has 1 atom stereocenters. The number of esters is 1. The fourth-order valence-corrected chi connectivity index (χ4v) is 1.51. The molecule has 6 heteroatoms. The number of carbonyl (C=O) groups is 2. The molecular formula is C11H17NO5. The smallest absolute Gasteiger partial charge is 0.417 e. The highest BCUT2D eigenvalue weighted by molar-refractivity contribution is 5.92. The number of amides is 1. The molecule has 0 radical (unpaired) electrons. The quantitative estimate of drug-likeness (QED) is 0.652. The summed E-state index contributed by atoms with van der Waals surface area (Å²) in [6, 6.07) is 0. The predicted octanol–water partition coefficient (Wildman–Crippen LogP) is 1.47. The van der Waals surface area contributed by atoms with Crippen molar-refractivity contribution in [2.45, 2.75) is 27.0 Å². The number of hydrogen-bond donors (Lipinski definition) is 0. The van der Waals surface area contributed by atoms with Crippen LogP contribution >= 0.6 is 0 Å². The number of nitrogens with zero attached hydrogens (tertiary/aromatic N) is 1. The van der Waals surface area contributed by atoms with E-state index in [1.807, 2.05) is 20.8 Å². The van der Waals surface area contributed by atoms with Gasteiger partial charge in [0.2, 0.25) is 0 Å². The van der Waals surface area contributed by atoms with Crippen molar-refractivity contribution in [3.8, 4) is 0 Å². The van der Waals surface area contributed by atoms with Crippen molar-refractivity contribution in [2.75, 3.05) is 14.2 Å². The topological polar surface area (TPSA) is 65.1 Å². The highest BCUT2D eigenvalue weighted by Crippen LogP contribution is 2.33. The van der Waals surface area contributed by atoms with E-state index < -0.39 is 18.3 Å². The van der Waals surface area contributed by atoms with Gasteiger partial charge in [0.05, 0.1) is 14.2 Å². The molecule has 1 amide bonds. The van der Waals surface area contributed by atoms with E-state index in [4.69, 9.17) is 4.74 Å². The minimum atomic E-state index is -0.654. The van der Waals surface area contributed by atoms with Gasteiger partial charge in [-0.25, -0.2) is 14.5 Å². The van der Waals surface area contributed by atoms with Gasteiger partial charge in [0.1, 0.15) is 6.26 Å². The molecule has 96 valence electrons. The highest BCUT2D eigenvalue weighted by atomic mass is 16.6. The van der Waals surface area contributed by atoms with Gasteiger partial charge in [0.25, 0.3) is 0 Å². The average molecular weight is 243 g/mol. The molecule has 0 spiro atoms. The molecule has 1 aliphatic heterocycles. The third-order valence-electron chi connectivity index (χ3n) is 2.31. The van der Waals surface area contributed by atoms with E-state index in [-0.39, 0.29) is 11.1 Å². The van der Waals surface area contributed by atoms with Gasteiger partial charge < -0.3 is 14.2 Å². The normalized spacial score (nSPS) is 19.5. The lowest BCUT2D eigenvalue weighted by atomic mass is 9.93. The van der Waals surface area contributed by atoms with Gasteiger partial charge in [-0.05, 0) is 0 Å². The van der Waals surface area contributed by atoms with Crippen molar-refractivity contribution < 1.29 is 23.8 Å². The van der Waals surface area contributed by atoms with E-state index in [1.54, 1.807) is 0 Å². The van der Waals surface area contributed by atoms with Crippen LogP contribution in [-0.2, 0) is 19.0 Å². The number of rotatable bonds is 1. The summed E-state index contributed by atoms with van der Waals surface area (Å²) in [7, 11) is 2.48. The summed E-state index contributed by atoms with van der Waals surface area (Å²) in [6.07, 6.45) is -0.0262. The van der Waals surface area contributed by atoms with Crippen molar-refractivity contribution in [3.63, 3.8) is 0 Å². The van der Waals surface area contributed by atoms with Crippen molar-refractivity contribution in [1.29, 1.82) is 0 Å². The third-order valence-corrected chi connectivity index (χ3v) is 2.31. The van der Waals surface area contributed by atoms with Crippen LogP contribution in [0.1, 0.15) is 20.8 Å². The monoisotopic (exact) mass is 243 g/mol. The number of ether oxygens (including phenoxy) is 3. The van der Waals surface area contributed by atoms with Crippen LogP contribution in [0, 0.1) is 5.41 Å². The molecule has 1 aliphatic rings. The fourth-order valence-electron chi connectivity index (χ4n) is 1.51. The Hall–Kier alpha value is -1.72. The minimum Gasteiger partial charge on any atom is -0.475 e. The molecule has 17 heavy (non-hydrogen) atoms. The van der Waals surface area contributed by atoms with Crippen LogP contribution in [0.3, 0.4) is 0 Å². The first-order valence-electron chi connectivity index (χ1n) is 5.14. The summed E-state index contributed by atoms with van der Waals surface area (Å²) in [5.74, 6) is -0.637. The Morgan fingerprint density at radius 3 is 2.29 bits per heavy atom. The highest BCUT2D eigenvalue weighted by Gasteiger charge is 2.44. The molecule has 0 aromatic rings. The summed E-state index contributed by atoms with van der Waals surface area (Å²) < 4.78 is 14.6. The van der Waals surface area contributed by atoms with Gasteiger partial charge in [-0.2, -0.15) is 0 Å². The molecule has 0 N–H and O–H groups in total. The average Bonchev–Trinajstić information content (AvgIpc) is 2.70. The maximum Gasteiger partial charge on any atom is 0.417 e. The van der Waals surface area contributed by atoms with Crippen LogP contribution in [0.25, 0.3) is 0 Å². The van der Waals surface area contributed by atoms with Gasteiger partial charge in [-0.3, -0.25) is 0 Å². The maximum absolute atomic E-state index is 11.7. The van der Waals surface area contributed by atoms with Gasteiger partial charge in [0, 0.05) is 5.41 Å². The molecule has 0 aliphatic carbocycles. The maximum atomic E-state index is 11.7. The second-order valence-electron chi connectivity index (χ2n) is 4.69. The standard InChI is InChI=1S/C11H17NO5/c1-11(2,3)9-12(10(14)16-5)7(6-17-9)8(13)15-4/h6,9H,1-5H3. The Bertz CT molecular complexity index is 355. The molecule has 0 aromatic heterocycles. The first kappa shape index (κ1) is 13.3. The lowest BCUT2D eigenvalue weighted by molar-refractivity contribution is -0.138. The van der Waals surface area contributed by atoms with Gasteiger partial charge in [-0.1, -0.05) is 20.8 Å². The Balaban J connectivity index is 3.03. The third kappa shape index (κ3) is 2.51. The SMILES string of the molecule is COC(=O)C1=COC(C(C)(C)C)N1C(=O)OC. The van der Waals surface area contributed by atoms with Crippen LogP contribution in [0.2, 0.25) is 0 Å². The summed E-state index contributed by atoms with van der Waals surface area (Å²) >= 11 is 0. The minimum absolute atomic E-state index is 0.0410. The van der Waals surface area contributed by atoms with Gasteiger partial charge in [0.15, 0.2) is 11.9 Å². The van der Waals surface area contributed by atoms with E-state index in [2.05, 4.69) is 9.47 Å². The second-order valence-corrected chi connectivity index (χ2v) is 4.69. The fraction of sp³-hybridized carbons (Fsp3) is 0.636. The van der Waals surface area contributed by atoms with Crippen LogP contribution in [0.4, 0.5) is 4.79 Å². The molecule has 1 rings (SSSR count). The Morgan fingerprint density at radius 2 is 1.88 bits per heavy atom. The molecular weight excluding hydrogens is 226 g/mol. The Morgan fingerprint density at radius 1 is 1.29 bits per heavy atom. The van der Waals surface area contributed by atoms with E-state index in [9.17, 15) is 9.59 Å². The molecule has 0 saturated heterocycles. The molecule has 0 aromatic carbocycles. The molecule has 1 heterocycles. The summed E-state index contributed by atoms with van der Waals surface area (Å²) in [5.41, 5.74) is -0.320. The molecule has 6 nitrogen and oxygen atoms in total. The number of carbonyl (C=O) groups excluding carboxylic acids is 2. The van der Waals surface area contributed by atoms with Crippen molar-refractivity contribution >= 4 is 12.1 Å². The summed E-state index contributed by atoms with van der Waals surface area (Å²) in [5, 5.41) is 0. The van der Waals surface area contributed by atoms with Crippen molar-refractivity contribution in [3.05, 3.63) is 12.0 Å². The zero-order valence-electron chi connectivity index (χ0n) is 10.6. The number of methoxy groups -OCH3 is 2. The molecule has 0 bridgehead atoms. The molecule has 1 unspecified atom stereocenters. The Labute approximate surface area is 100 Å². The lowest BCUT2D eigenvalue weighted by Crippen LogP contribution is -2.45. The van der Waals surface area contributed by atoms with Gasteiger partial charge in [-0.15, -0.1) is 0 Å². The van der Waals surface area contributed by atoms with E-state index >= 15 is 0 Å². The first-order valence-corrected chi connectivity index (χ1v) is 5.14. The van der Waals surface area contributed by atoms with Gasteiger partial charge >= 0.3 is 12.1 Å². The van der Waals surface area contributed by atoms with Crippen LogP contribution in [-0.4, -0.2) is 37.4 Å². The Kier molecular flexibility index (Phi) is 3.65.